The third-order valence-electron chi connectivity index (χ3n) is 5.51. The number of likely N-dealkylation sites (N-methyl/N-ethyl adjacent to an activating group) is 1. The lowest BCUT2D eigenvalue weighted by molar-refractivity contribution is 0.0722. The van der Waals surface area contributed by atoms with Crippen LogP contribution in [0.4, 0.5) is 0 Å². The summed E-state index contributed by atoms with van der Waals surface area (Å²) in [5.41, 5.74) is 2.99. The van der Waals surface area contributed by atoms with Crippen molar-refractivity contribution in [3.8, 4) is 5.88 Å². The minimum absolute atomic E-state index is 0.0990. The Morgan fingerprint density at radius 2 is 1.91 bits per heavy atom. The van der Waals surface area contributed by atoms with Crippen LogP contribution in [-0.2, 0) is 13.5 Å². The van der Waals surface area contributed by atoms with Crippen LogP contribution in [0.5, 0.6) is 5.88 Å². The van der Waals surface area contributed by atoms with Gasteiger partial charge in [0.05, 0.1) is 7.11 Å². The average molecular weight is 435 g/mol. The summed E-state index contributed by atoms with van der Waals surface area (Å²) in [6, 6.07) is 17.0. The maximum absolute atomic E-state index is 13.3. The molecule has 2 amide bonds. The van der Waals surface area contributed by atoms with Gasteiger partial charge in [0, 0.05) is 50.2 Å². The van der Waals surface area contributed by atoms with Crippen molar-refractivity contribution in [3.63, 3.8) is 0 Å². The molecule has 1 N–H and O–H groups in total. The summed E-state index contributed by atoms with van der Waals surface area (Å²) in [6.07, 6.45) is 3.14. The lowest BCUT2D eigenvalue weighted by Crippen LogP contribution is -2.41. The van der Waals surface area contributed by atoms with Crippen LogP contribution >= 0.6 is 0 Å². The standard InChI is InChI=1S/C25H30N4O3/c1-18-15-20(17-23(27-18)32-4)25(31)29(3)21(16-19-9-6-5-7-10-19)12-13-26-24(30)22-11-8-14-28(22)2/h5-11,14-15,17,21H,12-13,16H2,1-4H3,(H,26,30). The molecule has 0 saturated heterocycles. The van der Waals surface area contributed by atoms with E-state index in [0.29, 0.717) is 36.5 Å². The molecule has 1 aromatic carbocycles. The molecule has 2 aromatic heterocycles. The summed E-state index contributed by atoms with van der Waals surface area (Å²) in [5.74, 6) is 0.180. The molecule has 0 fully saturated rings. The topological polar surface area (TPSA) is 76.5 Å². The van der Waals surface area contributed by atoms with Crippen LogP contribution in [-0.4, -0.2) is 53.0 Å². The van der Waals surface area contributed by atoms with Gasteiger partial charge in [-0.2, -0.15) is 0 Å². The third-order valence-corrected chi connectivity index (χ3v) is 5.51. The van der Waals surface area contributed by atoms with E-state index >= 15 is 0 Å². The number of carbonyl (C=O) groups excluding carboxylic acids is 2. The molecular weight excluding hydrogens is 404 g/mol. The summed E-state index contributed by atoms with van der Waals surface area (Å²) in [4.78, 5) is 31.8. The highest BCUT2D eigenvalue weighted by molar-refractivity contribution is 5.94. The highest BCUT2D eigenvalue weighted by Gasteiger charge is 2.23. The number of methoxy groups -OCH3 is 1. The smallest absolute Gasteiger partial charge is 0.267 e. The zero-order valence-corrected chi connectivity index (χ0v) is 19.0. The van der Waals surface area contributed by atoms with Gasteiger partial charge in [0.25, 0.3) is 11.8 Å². The molecule has 1 unspecified atom stereocenters. The van der Waals surface area contributed by atoms with E-state index in [9.17, 15) is 9.59 Å². The van der Waals surface area contributed by atoms with Gasteiger partial charge in [-0.15, -0.1) is 0 Å². The first kappa shape index (κ1) is 23.1. The Bertz CT molecular complexity index is 1060. The highest BCUT2D eigenvalue weighted by atomic mass is 16.5. The molecule has 0 aliphatic carbocycles. The van der Waals surface area contributed by atoms with Crippen LogP contribution in [0, 0.1) is 6.92 Å². The molecular formula is C25H30N4O3. The van der Waals surface area contributed by atoms with Gasteiger partial charge in [-0.3, -0.25) is 9.59 Å². The maximum atomic E-state index is 13.3. The largest absolute Gasteiger partial charge is 0.481 e. The van der Waals surface area contributed by atoms with E-state index < -0.39 is 0 Å². The maximum Gasteiger partial charge on any atom is 0.267 e. The summed E-state index contributed by atoms with van der Waals surface area (Å²) in [7, 11) is 5.18. The molecule has 1 atom stereocenters. The van der Waals surface area contributed by atoms with Gasteiger partial charge < -0.3 is 19.5 Å². The quantitative estimate of drug-likeness (QED) is 0.561. The molecule has 0 aliphatic rings. The zero-order valence-electron chi connectivity index (χ0n) is 19.0. The fourth-order valence-electron chi connectivity index (χ4n) is 3.69. The first-order chi connectivity index (χ1) is 15.4. The molecule has 0 radical (unpaired) electrons. The number of nitrogens with zero attached hydrogens (tertiary/aromatic N) is 3. The van der Waals surface area contributed by atoms with Gasteiger partial charge in [-0.1, -0.05) is 30.3 Å². The van der Waals surface area contributed by atoms with Gasteiger partial charge in [-0.25, -0.2) is 4.98 Å². The molecule has 7 heteroatoms. The Hall–Kier alpha value is -3.61. The number of hydrogen-bond acceptors (Lipinski definition) is 4. The second kappa shape index (κ2) is 10.6. The summed E-state index contributed by atoms with van der Waals surface area (Å²) in [5, 5.41) is 2.98. The monoisotopic (exact) mass is 434 g/mol. The first-order valence-electron chi connectivity index (χ1n) is 10.6. The van der Waals surface area contributed by atoms with Crippen LogP contribution < -0.4 is 10.1 Å². The van der Waals surface area contributed by atoms with Crippen molar-refractivity contribution < 1.29 is 14.3 Å². The fourth-order valence-corrected chi connectivity index (χ4v) is 3.69. The average Bonchev–Trinajstić information content (AvgIpc) is 3.23. The molecule has 0 bridgehead atoms. The number of benzene rings is 1. The van der Waals surface area contributed by atoms with Crippen molar-refractivity contribution in [1.29, 1.82) is 0 Å². The number of hydrogen-bond donors (Lipinski definition) is 1. The van der Waals surface area contributed by atoms with E-state index in [1.54, 1.807) is 34.7 Å². The minimum Gasteiger partial charge on any atom is -0.481 e. The molecule has 3 aromatic rings. The number of nitrogens with one attached hydrogen (secondary N) is 1. The van der Waals surface area contributed by atoms with Crippen molar-refractivity contribution >= 4 is 11.8 Å². The molecule has 168 valence electrons. The van der Waals surface area contributed by atoms with E-state index in [1.807, 2.05) is 56.6 Å². The Kier molecular flexibility index (Phi) is 7.65. The molecule has 3 rings (SSSR count). The lowest BCUT2D eigenvalue weighted by atomic mass is 10.0. The Morgan fingerprint density at radius 3 is 2.56 bits per heavy atom. The molecule has 2 heterocycles. The number of carbonyl (C=O) groups is 2. The van der Waals surface area contributed by atoms with Crippen LogP contribution in [0.2, 0.25) is 0 Å². The lowest BCUT2D eigenvalue weighted by Gasteiger charge is -2.29. The Morgan fingerprint density at radius 1 is 1.16 bits per heavy atom. The highest BCUT2D eigenvalue weighted by Crippen LogP contribution is 2.18. The van der Waals surface area contributed by atoms with Crippen LogP contribution in [0.25, 0.3) is 0 Å². The van der Waals surface area contributed by atoms with Crippen molar-refractivity contribution in [2.75, 3.05) is 20.7 Å². The van der Waals surface area contributed by atoms with E-state index in [4.69, 9.17) is 4.74 Å². The van der Waals surface area contributed by atoms with E-state index in [2.05, 4.69) is 10.3 Å². The summed E-state index contributed by atoms with van der Waals surface area (Å²) < 4.78 is 7.01. The number of rotatable bonds is 9. The number of amides is 2. The molecule has 32 heavy (non-hydrogen) atoms. The fraction of sp³-hybridized carbons (Fsp3) is 0.320. The van der Waals surface area contributed by atoms with Gasteiger partial charge in [0.2, 0.25) is 5.88 Å². The normalized spacial score (nSPS) is 11.6. The van der Waals surface area contributed by atoms with Crippen molar-refractivity contribution in [1.82, 2.24) is 19.8 Å². The molecule has 0 saturated carbocycles. The second-order valence-electron chi connectivity index (χ2n) is 7.85. The van der Waals surface area contributed by atoms with Gasteiger partial charge in [0.1, 0.15) is 5.69 Å². The van der Waals surface area contributed by atoms with Crippen molar-refractivity contribution in [2.24, 2.45) is 7.05 Å². The molecule has 0 aliphatic heterocycles. The van der Waals surface area contributed by atoms with Gasteiger partial charge >= 0.3 is 0 Å². The third kappa shape index (κ3) is 5.75. The number of aryl methyl sites for hydroxylation is 2. The van der Waals surface area contributed by atoms with Crippen molar-refractivity contribution in [3.05, 3.63) is 83.3 Å². The number of aromatic nitrogens is 2. The predicted octanol–water partition coefficient (Wildman–Crippen LogP) is 3.24. The molecule has 7 nitrogen and oxygen atoms in total. The van der Waals surface area contributed by atoms with Gasteiger partial charge in [0.15, 0.2) is 0 Å². The van der Waals surface area contributed by atoms with Crippen LogP contribution in [0.3, 0.4) is 0 Å². The van der Waals surface area contributed by atoms with Crippen LogP contribution in [0.1, 0.15) is 38.5 Å². The summed E-state index contributed by atoms with van der Waals surface area (Å²) >= 11 is 0. The van der Waals surface area contributed by atoms with Crippen LogP contribution in [0.15, 0.2) is 60.8 Å². The predicted molar refractivity (Wildman–Crippen MR) is 124 cm³/mol. The first-order valence-corrected chi connectivity index (χ1v) is 10.6. The number of pyridine rings is 1. The second-order valence-corrected chi connectivity index (χ2v) is 7.85. The Labute approximate surface area is 189 Å². The van der Waals surface area contributed by atoms with Gasteiger partial charge in [-0.05, 0) is 43.5 Å². The molecule has 0 spiro atoms. The Balaban J connectivity index is 1.74. The SMILES string of the molecule is COc1cc(C(=O)N(C)C(CCNC(=O)c2cccn2C)Cc2ccccc2)cc(C)n1. The van der Waals surface area contributed by atoms with E-state index in [-0.39, 0.29) is 17.9 Å². The minimum atomic E-state index is -0.126. The van der Waals surface area contributed by atoms with E-state index in [1.165, 1.54) is 7.11 Å². The van der Waals surface area contributed by atoms with E-state index in [0.717, 1.165) is 11.3 Å². The zero-order chi connectivity index (χ0) is 23.1. The van der Waals surface area contributed by atoms with Crippen molar-refractivity contribution in [2.45, 2.75) is 25.8 Å². The number of ether oxygens (including phenoxy) is 1. The summed E-state index contributed by atoms with van der Waals surface area (Å²) in [6.45, 7) is 2.29.